The van der Waals surface area contributed by atoms with Gasteiger partial charge in [-0.05, 0) is 5.92 Å². The van der Waals surface area contributed by atoms with E-state index in [1.165, 1.54) is 0 Å². The van der Waals surface area contributed by atoms with Crippen LogP contribution in [0.3, 0.4) is 0 Å². The lowest BCUT2D eigenvalue weighted by atomic mass is 10.0. The molecule has 2 heteroatoms. The third-order valence-electron chi connectivity index (χ3n) is 1.98. The van der Waals surface area contributed by atoms with E-state index >= 15 is 0 Å². The van der Waals surface area contributed by atoms with Gasteiger partial charge in [-0.15, -0.1) is 6.42 Å². The third-order valence-corrected chi connectivity index (χ3v) is 1.98. The van der Waals surface area contributed by atoms with Crippen LogP contribution in [0.25, 0.3) is 0 Å². The fourth-order valence-electron chi connectivity index (χ4n) is 1.30. The van der Waals surface area contributed by atoms with Crippen LogP contribution in [0, 0.1) is 12.3 Å². The highest BCUT2D eigenvalue weighted by Gasteiger charge is 2.32. The van der Waals surface area contributed by atoms with Gasteiger partial charge >= 0.3 is 0 Å². The first-order chi connectivity index (χ1) is 6.37. The molecular formula is C11H9NO. The molecule has 1 aromatic rings. The van der Waals surface area contributed by atoms with Crippen LogP contribution in [0.1, 0.15) is 5.56 Å². The second-order valence-electron chi connectivity index (χ2n) is 2.76. The van der Waals surface area contributed by atoms with Crippen LogP contribution in [-0.2, 0) is 10.5 Å². The van der Waals surface area contributed by atoms with Crippen molar-refractivity contribution in [3.05, 3.63) is 48.4 Å². The van der Waals surface area contributed by atoms with Crippen molar-refractivity contribution >= 4 is 0 Å². The molecule has 13 heavy (non-hydrogen) atoms. The minimum atomic E-state index is -0.804. The SMILES string of the molecule is C#CC1(c2ccccc2)NC=CO1. The Balaban J connectivity index is 2.40. The predicted molar refractivity (Wildman–Crippen MR) is 50.3 cm³/mol. The summed E-state index contributed by atoms with van der Waals surface area (Å²) in [5, 5.41) is 3.00. The Kier molecular flexibility index (Phi) is 1.71. The molecule has 0 fully saturated rings. The molecule has 0 spiro atoms. The van der Waals surface area contributed by atoms with Gasteiger partial charge in [0.1, 0.15) is 6.26 Å². The number of terminal acetylenes is 1. The van der Waals surface area contributed by atoms with E-state index in [0.717, 1.165) is 5.56 Å². The molecule has 1 aromatic carbocycles. The van der Waals surface area contributed by atoms with E-state index in [4.69, 9.17) is 11.2 Å². The van der Waals surface area contributed by atoms with E-state index in [9.17, 15) is 0 Å². The normalized spacial score (nSPS) is 24.5. The first-order valence-electron chi connectivity index (χ1n) is 4.01. The lowest BCUT2D eigenvalue weighted by Gasteiger charge is -2.23. The first-order valence-corrected chi connectivity index (χ1v) is 4.01. The number of nitrogens with one attached hydrogen (secondary N) is 1. The van der Waals surface area contributed by atoms with Gasteiger partial charge in [-0.1, -0.05) is 30.3 Å². The highest BCUT2D eigenvalue weighted by Crippen LogP contribution is 2.25. The number of hydrogen-bond donors (Lipinski definition) is 1. The summed E-state index contributed by atoms with van der Waals surface area (Å²) in [4.78, 5) is 0. The minimum absolute atomic E-state index is 0.804. The zero-order valence-corrected chi connectivity index (χ0v) is 7.03. The van der Waals surface area contributed by atoms with Gasteiger partial charge in [0, 0.05) is 11.8 Å². The Morgan fingerprint density at radius 3 is 2.62 bits per heavy atom. The molecule has 2 nitrogen and oxygen atoms in total. The summed E-state index contributed by atoms with van der Waals surface area (Å²) in [5.41, 5.74) is 0.129. The van der Waals surface area contributed by atoms with Crippen LogP contribution in [0.4, 0.5) is 0 Å². The number of benzene rings is 1. The summed E-state index contributed by atoms with van der Waals surface area (Å²) in [6.07, 6.45) is 8.69. The summed E-state index contributed by atoms with van der Waals surface area (Å²) in [7, 11) is 0. The van der Waals surface area contributed by atoms with E-state index < -0.39 is 5.72 Å². The molecule has 0 aromatic heterocycles. The maximum absolute atomic E-state index is 5.42. The van der Waals surface area contributed by atoms with Crippen molar-refractivity contribution in [3.63, 3.8) is 0 Å². The molecule has 1 atom stereocenters. The average molecular weight is 171 g/mol. The van der Waals surface area contributed by atoms with Gasteiger partial charge in [0.25, 0.3) is 5.72 Å². The van der Waals surface area contributed by atoms with Crippen LogP contribution < -0.4 is 5.32 Å². The number of hydrogen-bond acceptors (Lipinski definition) is 2. The van der Waals surface area contributed by atoms with E-state index in [1.54, 1.807) is 12.5 Å². The van der Waals surface area contributed by atoms with E-state index in [-0.39, 0.29) is 0 Å². The Hall–Kier alpha value is -1.88. The Morgan fingerprint density at radius 1 is 1.31 bits per heavy atom. The molecule has 2 rings (SSSR count). The lowest BCUT2D eigenvalue weighted by Crippen LogP contribution is -2.35. The summed E-state index contributed by atoms with van der Waals surface area (Å²) in [6, 6.07) is 9.66. The monoisotopic (exact) mass is 171 g/mol. The fourth-order valence-corrected chi connectivity index (χ4v) is 1.30. The zero-order chi connectivity index (χ0) is 9.15. The smallest absolute Gasteiger partial charge is 0.269 e. The highest BCUT2D eigenvalue weighted by atomic mass is 16.5. The van der Waals surface area contributed by atoms with Gasteiger partial charge < -0.3 is 10.1 Å². The summed E-state index contributed by atoms with van der Waals surface area (Å²) < 4.78 is 5.35. The average Bonchev–Trinajstić information content (AvgIpc) is 2.69. The van der Waals surface area contributed by atoms with E-state index in [2.05, 4.69) is 11.2 Å². The molecule has 1 aliphatic heterocycles. The van der Waals surface area contributed by atoms with Crippen LogP contribution in [0.15, 0.2) is 42.8 Å². The van der Waals surface area contributed by atoms with Crippen molar-refractivity contribution in [2.24, 2.45) is 0 Å². The fraction of sp³-hybridized carbons (Fsp3) is 0.0909. The second-order valence-corrected chi connectivity index (χ2v) is 2.76. The highest BCUT2D eigenvalue weighted by molar-refractivity contribution is 5.32. The Morgan fingerprint density at radius 2 is 2.08 bits per heavy atom. The van der Waals surface area contributed by atoms with Crippen molar-refractivity contribution in [1.82, 2.24) is 5.32 Å². The second kappa shape index (κ2) is 2.87. The maximum Gasteiger partial charge on any atom is 0.269 e. The van der Waals surface area contributed by atoms with Crippen molar-refractivity contribution < 1.29 is 4.74 Å². The van der Waals surface area contributed by atoms with Gasteiger partial charge in [0.2, 0.25) is 0 Å². The van der Waals surface area contributed by atoms with Crippen molar-refractivity contribution in [2.75, 3.05) is 0 Å². The topological polar surface area (TPSA) is 21.3 Å². The Labute approximate surface area is 77.2 Å². The van der Waals surface area contributed by atoms with Gasteiger partial charge in [0.15, 0.2) is 0 Å². The number of ether oxygens (including phenoxy) is 1. The van der Waals surface area contributed by atoms with Crippen LogP contribution in [0.5, 0.6) is 0 Å². The van der Waals surface area contributed by atoms with Crippen molar-refractivity contribution in [2.45, 2.75) is 5.72 Å². The predicted octanol–water partition coefficient (Wildman–Crippen LogP) is 1.56. The van der Waals surface area contributed by atoms with Crippen LogP contribution in [0.2, 0.25) is 0 Å². The Bertz CT molecular complexity index is 353. The maximum atomic E-state index is 5.42. The van der Waals surface area contributed by atoms with E-state index in [1.807, 2.05) is 30.3 Å². The van der Waals surface area contributed by atoms with Crippen molar-refractivity contribution in [1.29, 1.82) is 0 Å². The third kappa shape index (κ3) is 1.15. The molecule has 1 unspecified atom stereocenters. The molecule has 0 saturated heterocycles. The van der Waals surface area contributed by atoms with Gasteiger partial charge in [-0.25, -0.2) is 0 Å². The molecule has 0 amide bonds. The minimum Gasteiger partial charge on any atom is -0.459 e. The molecule has 0 bridgehead atoms. The lowest BCUT2D eigenvalue weighted by molar-refractivity contribution is 0.0812. The van der Waals surface area contributed by atoms with Crippen LogP contribution in [-0.4, -0.2) is 0 Å². The molecular weight excluding hydrogens is 162 g/mol. The largest absolute Gasteiger partial charge is 0.459 e. The molecule has 0 saturated carbocycles. The molecule has 0 aliphatic carbocycles. The van der Waals surface area contributed by atoms with Crippen LogP contribution >= 0.6 is 0 Å². The summed E-state index contributed by atoms with van der Waals surface area (Å²) in [6.45, 7) is 0. The zero-order valence-electron chi connectivity index (χ0n) is 7.03. The number of rotatable bonds is 1. The quantitative estimate of drug-likeness (QED) is 0.647. The first kappa shape index (κ1) is 7.75. The standard InChI is InChI=1S/C11H9NO/c1-2-11(12-8-9-13-11)10-6-4-3-5-7-10/h1,3-9,12H. The molecule has 1 aliphatic rings. The van der Waals surface area contributed by atoms with Crippen molar-refractivity contribution in [3.8, 4) is 12.3 Å². The van der Waals surface area contributed by atoms with E-state index in [0.29, 0.717) is 0 Å². The summed E-state index contributed by atoms with van der Waals surface area (Å²) in [5.74, 6) is 2.60. The molecule has 0 radical (unpaired) electrons. The summed E-state index contributed by atoms with van der Waals surface area (Å²) >= 11 is 0. The molecule has 64 valence electrons. The van der Waals surface area contributed by atoms with Gasteiger partial charge in [-0.2, -0.15) is 0 Å². The molecule has 1 heterocycles. The van der Waals surface area contributed by atoms with Gasteiger partial charge in [0.05, 0.1) is 0 Å². The van der Waals surface area contributed by atoms with Gasteiger partial charge in [-0.3, -0.25) is 0 Å². The molecule has 1 N–H and O–H groups in total.